The number of carbonyl (C=O) groups is 3. The SMILES string of the molecule is COc1ccc(C(O)C2(C(=O)ON3C(=O)c4ccccc4C3=O)CCOCC2)cc1. The number of rotatable bonds is 5. The predicted octanol–water partition coefficient (Wildman–Crippen LogP) is 2.28. The highest BCUT2D eigenvalue weighted by molar-refractivity contribution is 6.20. The molecule has 2 aromatic carbocycles. The number of imide groups is 1. The van der Waals surface area contributed by atoms with Crippen molar-refractivity contribution in [3.8, 4) is 5.75 Å². The molecule has 8 heteroatoms. The minimum Gasteiger partial charge on any atom is -0.497 e. The van der Waals surface area contributed by atoms with Crippen molar-refractivity contribution >= 4 is 17.8 Å². The van der Waals surface area contributed by atoms with Crippen LogP contribution in [0.5, 0.6) is 5.75 Å². The van der Waals surface area contributed by atoms with Crippen molar-refractivity contribution in [1.29, 1.82) is 0 Å². The first-order valence-electron chi connectivity index (χ1n) is 9.58. The maximum Gasteiger partial charge on any atom is 0.342 e. The fraction of sp³-hybridized carbons (Fsp3) is 0.318. The van der Waals surface area contributed by atoms with E-state index in [9.17, 15) is 19.5 Å². The summed E-state index contributed by atoms with van der Waals surface area (Å²) < 4.78 is 10.5. The molecule has 2 aliphatic heterocycles. The second-order valence-corrected chi connectivity index (χ2v) is 7.27. The lowest BCUT2D eigenvalue weighted by molar-refractivity contribution is -0.197. The van der Waals surface area contributed by atoms with Crippen LogP contribution in [0, 0.1) is 5.41 Å². The zero-order valence-electron chi connectivity index (χ0n) is 16.4. The van der Waals surface area contributed by atoms with Gasteiger partial charge in [0.2, 0.25) is 0 Å². The largest absolute Gasteiger partial charge is 0.497 e. The predicted molar refractivity (Wildman–Crippen MR) is 103 cm³/mol. The number of ether oxygens (including phenoxy) is 2. The molecular weight excluding hydrogens is 390 g/mol. The molecule has 8 nitrogen and oxygen atoms in total. The highest BCUT2D eigenvalue weighted by Gasteiger charge is 2.51. The Hall–Kier alpha value is -3.23. The monoisotopic (exact) mass is 411 g/mol. The van der Waals surface area contributed by atoms with Crippen molar-refractivity contribution in [1.82, 2.24) is 5.06 Å². The number of hydroxylamine groups is 2. The fourth-order valence-electron chi connectivity index (χ4n) is 3.85. The van der Waals surface area contributed by atoms with Crippen molar-refractivity contribution < 1.29 is 33.8 Å². The van der Waals surface area contributed by atoms with E-state index < -0.39 is 29.3 Å². The molecular formula is C22H21NO7. The highest BCUT2D eigenvalue weighted by atomic mass is 16.7. The molecule has 1 N–H and O–H groups in total. The number of carbonyl (C=O) groups excluding carboxylic acids is 3. The molecule has 2 aromatic rings. The Labute approximate surface area is 172 Å². The average molecular weight is 411 g/mol. The maximum absolute atomic E-state index is 13.2. The van der Waals surface area contributed by atoms with E-state index in [1.54, 1.807) is 36.4 Å². The van der Waals surface area contributed by atoms with Gasteiger partial charge in [-0.25, -0.2) is 4.79 Å². The van der Waals surface area contributed by atoms with Gasteiger partial charge in [0.25, 0.3) is 11.8 Å². The molecule has 1 atom stereocenters. The van der Waals surface area contributed by atoms with E-state index >= 15 is 0 Å². The first-order valence-corrected chi connectivity index (χ1v) is 9.58. The summed E-state index contributed by atoms with van der Waals surface area (Å²) >= 11 is 0. The van der Waals surface area contributed by atoms with Gasteiger partial charge in [0.05, 0.1) is 24.3 Å². The van der Waals surface area contributed by atoms with Crippen LogP contribution >= 0.6 is 0 Å². The molecule has 30 heavy (non-hydrogen) atoms. The van der Waals surface area contributed by atoms with Crippen molar-refractivity contribution in [3.63, 3.8) is 0 Å². The van der Waals surface area contributed by atoms with Gasteiger partial charge in [-0.15, -0.1) is 0 Å². The summed E-state index contributed by atoms with van der Waals surface area (Å²) in [6, 6.07) is 12.9. The van der Waals surface area contributed by atoms with E-state index in [0.717, 1.165) is 0 Å². The quantitative estimate of drug-likeness (QED) is 0.753. The molecule has 1 fully saturated rings. The van der Waals surface area contributed by atoms with E-state index in [-0.39, 0.29) is 37.2 Å². The van der Waals surface area contributed by atoms with Gasteiger partial charge < -0.3 is 19.4 Å². The van der Waals surface area contributed by atoms with Gasteiger partial charge in [-0.3, -0.25) is 9.59 Å². The highest BCUT2D eigenvalue weighted by Crippen LogP contribution is 2.44. The zero-order chi connectivity index (χ0) is 21.3. The number of fused-ring (bicyclic) bond motifs is 1. The number of aliphatic hydroxyl groups is 1. The summed E-state index contributed by atoms with van der Waals surface area (Å²) in [4.78, 5) is 43.7. The van der Waals surface area contributed by atoms with Gasteiger partial charge in [0.1, 0.15) is 11.2 Å². The van der Waals surface area contributed by atoms with Crippen LogP contribution in [0.3, 0.4) is 0 Å². The number of benzene rings is 2. The maximum atomic E-state index is 13.2. The van der Waals surface area contributed by atoms with Crippen molar-refractivity contribution in [2.45, 2.75) is 18.9 Å². The number of nitrogens with zero attached hydrogens (tertiary/aromatic N) is 1. The summed E-state index contributed by atoms with van der Waals surface area (Å²) in [5.41, 5.74) is -0.515. The molecule has 0 aromatic heterocycles. The van der Waals surface area contributed by atoms with Crippen LogP contribution in [0.2, 0.25) is 0 Å². The Kier molecular flexibility index (Phi) is 5.27. The first-order chi connectivity index (χ1) is 14.5. The van der Waals surface area contributed by atoms with Gasteiger partial charge >= 0.3 is 5.97 Å². The number of amides is 2. The molecule has 2 aliphatic rings. The molecule has 2 heterocycles. The number of hydrogen-bond acceptors (Lipinski definition) is 7. The van der Waals surface area contributed by atoms with E-state index in [2.05, 4.69) is 0 Å². The smallest absolute Gasteiger partial charge is 0.342 e. The van der Waals surface area contributed by atoms with Gasteiger partial charge in [0, 0.05) is 13.2 Å². The summed E-state index contributed by atoms with van der Waals surface area (Å²) in [5.74, 6) is -1.64. The summed E-state index contributed by atoms with van der Waals surface area (Å²) in [7, 11) is 1.53. The van der Waals surface area contributed by atoms with Gasteiger partial charge in [-0.05, 0) is 42.7 Å². The molecule has 4 rings (SSSR count). The van der Waals surface area contributed by atoms with Crippen molar-refractivity contribution in [2.24, 2.45) is 5.41 Å². The van der Waals surface area contributed by atoms with Gasteiger partial charge in [0.15, 0.2) is 0 Å². The second kappa shape index (κ2) is 7.89. The van der Waals surface area contributed by atoms with E-state index in [1.807, 2.05) is 0 Å². The molecule has 0 saturated carbocycles. The Balaban J connectivity index is 1.61. The second-order valence-electron chi connectivity index (χ2n) is 7.27. The number of hydrogen-bond donors (Lipinski definition) is 1. The van der Waals surface area contributed by atoms with E-state index in [1.165, 1.54) is 19.2 Å². The Morgan fingerprint density at radius 3 is 2.13 bits per heavy atom. The Morgan fingerprint density at radius 2 is 1.60 bits per heavy atom. The molecule has 156 valence electrons. The van der Waals surface area contributed by atoms with Crippen molar-refractivity contribution in [2.75, 3.05) is 20.3 Å². The molecule has 0 aliphatic carbocycles. The molecule has 0 radical (unpaired) electrons. The first kappa shape index (κ1) is 20.1. The van der Waals surface area contributed by atoms with Crippen LogP contribution in [-0.4, -0.2) is 48.3 Å². The lowest BCUT2D eigenvalue weighted by Gasteiger charge is -2.38. The van der Waals surface area contributed by atoms with Crippen molar-refractivity contribution in [3.05, 3.63) is 65.2 Å². The van der Waals surface area contributed by atoms with Crippen LogP contribution in [0.15, 0.2) is 48.5 Å². The fourth-order valence-corrected chi connectivity index (χ4v) is 3.85. The normalized spacial score (nSPS) is 18.7. The lowest BCUT2D eigenvalue weighted by atomic mass is 9.73. The van der Waals surface area contributed by atoms with E-state index in [4.69, 9.17) is 14.3 Å². The Morgan fingerprint density at radius 1 is 1.03 bits per heavy atom. The minimum atomic E-state index is -1.36. The topological polar surface area (TPSA) is 102 Å². The summed E-state index contributed by atoms with van der Waals surface area (Å²) in [6.07, 6.45) is -0.848. The third-order valence-electron chi connectivity index (χ3n) is 5.68. The average Bonchev–Trinajstić information content (AvgIpc) is 3.04. The molecule has 1 unspecified atom stereocenters. The Bertz CT molecular complexity index is 944. The number of aliphatic hydroxyl groups excluding tert-OH is 1. The van der Waals surface area contributed by atoms with Crippen LogP contribution in [-0.2, 0) is 14.4 Å². The van der Waals surface area contributed by atoms with Crippen LogP contribution < -0.4 is 4.74 Å². The third-order valence-corrected chi connectivity index (χ3v) is 5.68. The zero-order valence-corrected chi connectivity index (χ0v) is 16.4. The standard InChI is InChI=1S/C22H21NO7/c1-28-15-8-6-14(7-9-15)18(24)22(10-12-29-13-11-22)21(27)30-23-19(25)16-4-2-3-5-17(16)20(23)26/h2-9,18,24H,10-13H2,1H3. The molecule has 0 bridgehead atoms. The third kappa shape index (κ3) is 3.24. The molecule has 2 amide bonds. The molecule has 0 spiro atoms. The molecule has 1 saturated heterocycles. The lowest BCUT2D eigenvalue weighted by Crippen LogP contribution is -2.47. The number of methoxy groups -OCH3 is 1. The van der Waals surface area contributed by atoms with Crippen LogP contribution in [0.1, 0.15) is 45.2 Å². The van der Waals surface area contributed by atoms with E-state index in [0.29, 0.717) is 16.4 Å². The van der Waals surface area contributed by atoms with Crippen LogP contribution in [0.4, 0.5) is 0 Å². The minimum absolute atomic E-state index is 0.173. The summed E-state index contributed by atoms with van der Waals surface area (Å²) in [6.45, 7) is 0.481. The van der Waals surface area contributed by atoms with Gasteiger partial charge in [-0.2, -0.15) is 0 Å². The summed E-state index contributed by atoms with van der Waals surface area (Å²) in [5, 5.41) is 11.6. The van der Waals surface area contributed by atoms with Crippen LogP contribution in [0.25, 0.3) is 0 Å². The van der Waals surface area contributed by atoms with Gasteiger partial charge in [-0.1, -0.05) is 29.3 Å².